The van der Waals surface area contributed by atoms with Gasteiger partial charge in [-0.25, -0.2) is 0 Å². The summed E-state index contributed by atoms with van der Waals surface area (Å²) in [5.41, 5.74) is 3.02. The zero-order valence-corrected chi connectivity index (χ0v) is 16.0. The topological polar surface area (TPSA) is 72.1 Å². The molecule has 2 aromatic heterocycles. The SMILES string of the molecule is Cc1ccccc1-c1noc(CCC(=O)N2CCCCC2c2ccccn2)n1. The van der Waals surface area contributed by atoms with Crippen LogP contribution in [0.25, 0.3) is 11.4 Å². The number of benzene rings is 1. The van der Waals surface area contributed by atoms with Crippen LogP contribution >= 0.6 is 0 Å². The van der Waals surface area contributed by atoms with Crippen LogP contribution in [0.15, 0.2) is 53.2 Å². The van der Waals surface area contributed by atoms with Crippen molar-refractivity contribution in [2.45, 2.75) is 45.1 Å². The molecule has 0 spiro atoms. The second kappa shape index (κ2) is 8.33. The maximum absolute atomic E-state index is 12.9. The van der Waals surface area contributed by atoms with Gasteiger partial charge in [0.05, 0.1) is 11.7 Å². The van der Waals surface area contributed by atoms with Gasteiger partial charge in [0.2, 0.25) is 17.6 Å². The van der Waals surface area contributed by atoms with Crippen molar-refractivity contribution < 1.29 is 9.32 Å². The first-order chi connectivity index (χ1) is 13.7. The Morgan fingerprint density at radius 3 is 2.86 bits per heavy atom. The number of carbonyl (C=O) groups is 1. The predicted molar refractivity (Wildman–Crippen MR) is 105 cm³/mol. The summed E-state index contributed by atoms with van der Waals surface area (Å²) in [7, 11) is 0. The minimum absolute atomic E-state index is 0.0627. The van der Waals surface area contributed by atoms with E-state index in [2.05, 4.69) is 15.1 Å². The van der Waals surface area contributed by atoms with Crippen LogP contribution < -0.4 is 0 Å². The average molecular weight is 376 g/mol. The quantitative estimate of drug-likeness (QED) is 0.670. The molecule has 0 bridgehead atoms. The highest BCUT2D eigenvalue weighted by atomic mass is 16.5. The van der Waals surface area contributed by atoms with Crippen LogP contribution in [0.3, 0.4) is 0 Å². The van der Waals surface area contributed by atoms with E-state index in [0.717, 1.165) is 42.6 Å². The number of piperidine rings is 1. The molecule has 4 rings (SSSR count). The van der Waals surface area contributed by atoms with Crippen LogP contribution in [0.5, 0.6) is 0 Å². The summed E-state index contributed by atoms with van der Waals surface area (Å²) in [5, 5.41) is 4.08. The molecule has 1 fully saturated rings. The number of aromatic nitrogens is 3. The zero-order valence-electron chi connectivity index (χ0n) is 16.0. The molecule has 0 radical (unpaired) electrons. The first-order valence-electron chi connectivity index (χ1n) is 9.81. The van der Waals surface area contributed by atoms with Crippen LogP contribution in [0.4, 0.5) is 0 Å². The van der Waals surface area contributed by atoms with Crippen molar-refractivity contribution in [1.29, 1.82) is 0 Å². The molecule has 1 amide bonds. The van der Waals surface area contributed by atoms with E-state index < -0.39 is 0 Å². The van der Waals surface area contributed by atoms with Gasteiger partial charge in [0, 0.05) is 31.1 Å². The number of hydrogen-bond acceptors (Lipinski definition) is 5. The Morgan fingerprint density at radius 1 is 1.18 bits per heavy atom. The highest BCUT2D eigenvalue weighted by Crippen LogP contribution is 2.30. The molecule has 6 nitrogen and oxygen atoms in total. The molecule has 1 aromatic carbocycles. The number of rotatable bonds is 5. The summed E-state index contributed by atoms with van der Waals surface area (Å²) in [6.45, 7) is 2.79. The largest absolute Gasteiger partial charge is 0.339 e. The van der Waals surface area contributed by atoms with E-state index >= 15 is 0 Å². The number of carbonyl (C=O) groups excluding carboxylic acids is 1. The van der Waals surface area contributed by atoms with E-state index in [1.54, 1.807) is 6.20 Å². The Bertz CT molecular complexity index is 938. The number of likely N-dealkylation sites (tertiary alicyclic amines) is 1. The van der Waals surface area contributed by atoms with Crippen molar-refractivity contribution in [2.75, 3.05) is 6.54 Å². The minimum Gasteiger partial charge on any atom is -0.339 e. The van der Waals surface area contributed by atoms with Crippen LogP contribution in [0.1, 0.15) is 48.9 Å². The van der Waals surface area contributed by atoms with Gasteiger partial charge < -0.3 is 9.42 Å². The molecule has 0 saturated carbocycles. The molecule has 0 N–H and O–H groups in total. The summed E-state index contributed by atoms with van der Waals surface area (Å²) in [6.07, 6.45) is 5.71. The van der Waals surface area contributed by atoms with E-state index in [9.17, 15) is 4.79 Å². The van der Waals surface area contributed by atoms with Crippen molar-refractivity contribution in [3.8, 4) is 11.4 Å². The normalized spacial score (nSPS) is 16.9. The third kappa shape index (κ3) is 3.96. The summed E-state index contributed by atoms with van der Waals surface area (Å²) in [5.74, 6) is 1.19. The van der Waals surface area contributed by atoms with Gasteiger partial charge >= 0.3 is 0 Å². The molecular weight excluding hydrogens is 352 g/mol. The number of aryl methyl sites for hydroxylation is 2. The fourth-order valence-electron chi connectivity index (χ4n) is 3.76. The average Bonchev–Trinajstić information content (AvgIpc) is 3.22. The second-order valence-electron chi connectivity index (χ2n) is 7.18. The lowest BCUT2D eigenvalue weighted by molar-refractivity contribution is -0.135. The Labute approximate surface area is 164 Å². The summed E-state index contributed by atoms with van der Waals surface area (Å²) in [6, 6.07) is 13.9. The van der Waals surface area contributed by atoms with Crippen molar-refractivity contribution >= 4 is 5.91 Å². The first kappa shape index (κ1) is 18.3. The molecule has 1 unspecified atom stereocenters. The molecule has 1 atom stereocenters. The molecule has 0 aliphatic carbocycles. The van der Waals surface area contributed by atoms with Crippen molar-refractivity contribution in [3.05, 3.63) is 65.8 Å². The second-order valence-corrected chi connectivity index (χ2v) is 7.18. The van der Waals surface area contributed by atoms with Crippen LogP contribution in [0.2, 0.25) is 0 Å². The molecule has 6 heteroatoms. The summed E-state index contributed by atoms with van der Waals surface area (Å²) >= 11 is 0. The lowest BCUT2D eigenvalue weighted by Gasteiger charge is -2.35. The lowest BCUT2D eigenvalue weighted by atomic mass is 9.98. The molecule has 1 aliphatic rings. The number of pyridine rings is 1. The third-order valence-electron chi connectivity index (χ3n) is 5.26. The molecule has 28 heavy (non-hydrogen) atoms. The van der Waals surface area contributed by atoms with Gasteiger partial charge in [-0.15, -0.1) is 0 Å². The van der Waals surface area contributed by atoms with E-state index in [1.165, 1.54) is 0 Å². The van der Waals surface area contributed by atoms with E-state index in [4.69, 9.17) is 4.52 Å². The van der Waals surface area contributed by atoms with Gasteiger partial charge in [-0.2, -0.15) is 4.98 Å². The van der Waals surface area contributed by atoms with Crippen LogP contribution in [-0.4, -0.2) is 32.5 Å². The van der Waals surface area contributed by atoms with Gasteiger partial charge in [-0.3, -0.25) is 9.78 Å². The van der Waals surface area contributed by atoms with Gasteiger partial charge in [0.1, 0.15) is 0 Å². The lowest BCUT2D eigenvalue weighted by Crippen LogP contribution is -2.39. The van der Waals surface area contributed by atoms with E-state index in [1.807, 2.05) is 54.3 Å². The Kier molecular flexibility index (Phi) is 5.46. The van der Waals surface area contributed by atoms with Crippen LogP contribution in [-0.2, 0) is 11.2 Å². The summed E-state index contributed by atoms with van der Waals surface area (Å²) < 4.78 is 5.38. The predicted octanol–water partition coefficient (Wildman–Crippen LogP) is 4.13. The number of amides is 1. The molecular formula is C22H24N4O2. The highest BCUT2D eigenvalue weighted by Gasteiger charge is 2.28. The van der Waals surface area contributed by atoms with Gasteiger partial charge in [-0.1, -0.05) is 35.5 Å². The number of hydrogen-bond donors (Lipinski definition) is 0. The fraction of sp³-hybridized carbons (Fsp3) is 0.364. The standard InChI is InChI=1S/C22H24N4O2/c1-16-8-2-3-9-17(16)22-24-20(28-25-22)12-13-21(27)26-15-7-5-11-19(26)18-10-4-6-14-23-18/h2-4,6,8-10,14,19H,5,7,11-13,15H2,1H3. The van der Waals surface area contributed by atoms with E-state index in [0.29, 0.717) is 24.6 Å². The molecule has 3 heterocycles. The zero-order chi connectivity index (χ0) is 19.3. The van der Waals surface area contributed by atoms with Crippen molar-refractivity contribution in [2.24, 2.45) is 0 Å². The molecule has 1 saturated heterocycles. The number of nitrogens with zero attached hydrogens (tertiary/aromatic N) is 4. The van der Waals surface area contributed by atoms with Gasteiger partial charge in [0.15, 0.2) is 0 Å². The Morgan fingerprint density at radius 2 is 2.04 bits per heavy atom. The van der Waals surface area contributed by atoms with Crippen LogP contribution in [0, 0.1) is 6.92 Å². The van der Waals surface area contributed by atoms with Crippen molar-refractivity contribution in [3.63, 3.8) is 0 Å². The highest BCUT2D eigenvalue weighted by molar-refractivity contribution is 5.77. The summed E-state index contributed by atoms with van der Waals surface area (Å²) in [4.78, 5) is 23.8. The molecule has 144 valence electrons. The third-order valence-corrected chi connectivity index (χ3v) is 5.26. The maximum atomic E-state index is 12.9. The maximum Gasteiger partial charge on any atom is 0.227 e. The molecule has 3 aromatic rings. The molecule has 1 aliphatic heterocycles. The Balaban J connectivity index is 1.42. The Hall–Kier alpha value is -3.02. The van der Waals surface area contributed by atoms with Gasteiger partial charge in [0.25, 0.3) is 0 Å². The fourth-order valence-corrected chi connectivity index (χ4v) is 3.76. The van der Waals surface area contributed by atoms with Crippen molar-refractivity contribution in [1.82, 2.24) is 20.0 Å². The minimum atomic E-state index is 0.0627. The van der Waals surface area contributed by atoms with Gasteiger partial charge in [-0.05, 0) is 43.9 Å². The smallest absolute Gasteiger partial charge is 0.227 e. The first-order valence-corrected chi connectivity index (χ1v) is 9.81. The van der Waals surface area contributed by atoms with E-state index in [-0.39, 0.29) is 11.9 Å². The monoisotopic (exact) mass is 376 g/mol.